The Bertz CT molecular complexity index is 632. The minimum Gasteiger partial charge on any atom is -0.370 e. The van der Waals surface area contributed by atoms with E-state index in [1.807, 2.05) is 4.90 Å². The number of alkyl halides is 3. The number of hydrogen-bond acceptors (Lipinski definition) is 1. The molecule has 0 atom stereocenters. The molecule has 0 N–H and O–H groups in total. The van der Waals surface area contributed by atoms with E-state index in [0.717, 1.165) is 13.1 Å². The Morgan fingerprint density at radius 2 is 1.50 bits per heavy atom. The maximum atomic E-state index is 13.5. The molecule has 2 nitrogen and oxygen atoms in total. The molecule has 0 fully saturated rings. The Morgan fingerprint density at radius 3 is 1.96 bits per heavy atom. The maximum absolute atomic E-state index is 13.5. The van der Waals surface area contributed by atoms with E-state index < -0.39 is 11.9 Å². The first-order valence-electron chi connectivity index (χ1n) is 8.28. The molecular formula is C19H25F3N2. The van der Waals surface area contributed by atoms with E-state index in [1.54, 1.807) is 36.5 Å². The van der Waals surface area contributed by atoms with E-state index in [-0.39, 0.29) is 0 Å². The third-order valence-electron chi connectivity index (χ3n) is 3.67. The van der Waals surface area contributed by atoms with Crippen molar-refractivity contribution in [2.75, 3.05) is 18.0 Å². The van der Waals surface area contributed by atoms with Gasteiger partial charge in [-0.15, -0.1) is 0 Å². The molecule has 5 heteroatoms. The third kappa shape index (κ3) is 4.56. The van der Waals surface area contributed by atoms with Gasteiger partial charge in [0.05, 0.1) is 5.69 Å². The van der Waals surface area contributed by atoms with E-state index >= 15 is 0 Å². The molecular weight excluding hydrogens is 313 g/mol. The molecule has 1 aromatic heterocycles. The first kappa shape index (κ1) is 18.4. The number of nitrogens with zero attached hydrogens (tertiary/aromatic N) is 2. The Balaban J connectivity index is 2.49. The Labute approximate surface area is 141 Å². The molecule has 24 heavy (non-hydrogen) atoms. The summed E-state index contributed by atoms with van der Waals surface area (Å²) in [4.78, 5) is 2.05. The molecule has 0 amide bonds. The van der Waals surface area contributed by atoms with Gasteiger partial charge in [-0.05, 0) is 30.0 Å². The third-order valence-corrected chi connectivity index (χ3v) is 3.67. The summed E-state index contributed by atoms with van der Waals surface area (Å²) in [6.07, 6.45) is -2.79. The number of benzene rings is 1. The Morgan fingerprint density at radius 1 is 0.958 bits per heavy atom. The highest BCUT2D eigenvalue weighted by atomic mass is 19.4. The van der Waals surface area contributed by atoms with Crippen LogP contribution in [0.1, 0.15) is 33.4 Å². The Kier molecular flexibility index (Phi) is 5.62. The predicted octanol–water partition coefficient (Wildman–Crippen LogP) is 5.61. The van der Waals surface area contributed by atoms with Crippen LogP contribution >= 0.6 is 0 Å². The molecule has 0 unspecified atom stereocenters. The first-order chi connectivity index (χ1) is 11.2. The van der Waals surface area contributed by atoms with E-state index in [4.69, 9.17) is 0 Å². The van der Waals surface area contributed by atoms with Crippen LogP contribution in [0, 0.1) is 11.8 Å². The SMILES string of the molecule is CC(C)CN(CC(C)C)c1cc(C(F)(F)F)n(-c2ccccc2)c1. The smallest absolute Gasteiger partial charge is 0.370 e. The number of aromatic nitrogens is 1. The van der Waals surface area contributed by atoms with E-state index in [2.05, 4.69) is 27.7 Å². The van der Waals surface area contributed by atoms with Gasteiger partial charge >= 0.3 is 6.18 Å². The van der Waals surface area contributed by atoms with Crippen molar-refractivity contribution in [1.82, 2.24) is 4.57 Å². The summed E-state index contributed by atoms with van der Waals surface area (Å²) in [5.74, 6) is 0.747. The van der Waals surface area contributed by atoms with Gasteiger partial charge in [0.2, 0.25) is 0 Å². The van der Waals surface area contributed by atoms with Crippen LogP contribution in [0.5, 0.6) is 0 Å². The molecule has 0 radical (unpaired) electrons. The summed E-state index contributed by atoms with van der Waals surface area (Å²) in [7, 11) is 0. The molecule has 1 heterocycles. The molecule has 2 aromatic rings. The molecule has 0 saturated carbocycles. The fourth-order valence-corrected chi connectivity index (χ4v) is 2.81. The van der Waals surface area contributed by atoms with Crippen LogP contribution in [0.2, 0.25) is 0 Å². The number of halogens is 3. The molecule has 2 rings (SSSR count). The zero-order valence-electron chi connectivity index (χ0n) is 14.6. The highest BCUT2D eigenvalue weighted by Gasteiger charge is 2.36. The normalized spacial score (nSPS) is 12.2. The van der Waals surface area contributed by atoms with Crippen LogP contribution in [0.3, 0.4) is 0 Å². The summed E-state index contributed by atoms with van der Waals surface area (Å²) in [6, 6.07) is 9.93. The van der Waals surface area contributed by atoms with Gasteiger partial charge in [0.15, 0.2) is 0 Å². The second kappa shape index (κ2) is 7.32. The lowest BCUT2D eigenvalue weighted by Crippen LogP contribution is -2.31. The molecule has 0 bridgehead atoms. The molecule has 0 aliphatic rings. The van der Waals surface area contributed by atoms with E-state index in [0.29, 0.717) is 23.2 Å². The highest BCUT2D eigenvalue weighted by Crippen LogP contribution is 2.35. The molecule has 0 spiro atoms. The average Bonchev–Trinajstić information content (AvgIpc) is 2.92. The van der Waals surface area contributed by atoms with Crippen molar-refractivity contribution in [3.63, 3.8) is 0 Å². The highest BCUT2D eigenvalue weighted by molar-refractivity contribution is 5.52. The minimum atomic E-state index is -4.39. The quantitative estimate of drug-likeness (QED) is 0.664. The van der Waals surface area contributed by atoms with Gasteiger partial charge in [0, 0.05) is 25.0 Å². The van der Waals surface area contributed by atoms with Crippen LogP contribution in [0.4, 0.5) is 18.9 Å². The summed E-state index contributed by atoms with van der Waals surface area (Å²) < 4.78 is 41.7. The zero-order chi connectivity index (χ0) is 17.9. The van der Waals surface area contributed by atoms with Crippen LogP contribution in [-0.4, -0.2) is 17.7 Å². The molecule has 0 saturated heterocycles. The lowest BCUT2D eigenvalue weighted by atomic mass is 10.1. The second-order valence-electron chi connectivity index (χ2n) is 6.98. The molecule has 0 aliphatic heterocycles. The Hall–Kier alpha value is -1.91. The van der Waals surface area contributed by atoms with Crippen molar-refractivity contribution < 1.29 is 13.2 Å². The number of hydrogen-bond donors (Lipinski definition) is 0. The largest absolute Gasteiger partial charge is 0.431 e. The van der Waals surface area contributed by atoms with E-state index in [1.165, 1.54) is 10.6 Å². The van der Waals surface area contributed by atoms with Crippen molar-refractivity contribution in [1.29, 1.82) is 0 Å². The number of para-hydroxylation sites is 1. The number of rotatable bonds is 6. The zero-order valence-corrected chi connectivity index (χ0v) is 14.6. The molecule has 0 aliphatic carbocycles. The van der Waals surface area contributed by atoms with Gasteiger partial charge in [-0.1, -0.05) is 45.9 Å². The molecule has 132 valence electrons. The van der Waals surface area contributed by atoms with Gasteiger partial charge < -0.3 is 9.47 Å². The summed E-state index contributed by atoms with van der Waals surface area (Å²) in [5.41, 5.74) is 0.500. The maximum Gasteiger partial charge on any atom is 0.431 e. The van der Waals surface area contributed by atoms with Crippen LogP contribution in [0.15, 0.2) is 42.6 Å². The standard InChI is InChI=1S/C19H25F3N2/c1-14(2)11-23(12-15(3)4)17-10-18(19(20,21)22)24(13-17)16-8-6-5-7-9-16/h5-10,13-15H,11-12H2,1-4H3. The minimum absolute atomic E-state index is 0.373. The first-order valence-corrected chi connectivity index (χ1v) is 8.28. The second-order valence-corrected chi connectivity index (χ2v) is 6.98. The van der Waals surface area contributed by atoms with Gasteiger partial charge in [0.1, 0.15) is 5.69 Å². The van der Waals surface area contributed by atoms with E-state index in [9.17, 15) is 13.2 Å². The topological polar surface area (TPSA) is 8.17 Å². The van der Waals surface area contributed by atoms with Gasteiger partial charge in [-0.2, -0.15) is 13.2 Å². The van der Waals surface area contributed by atoms with Gasteiger partial charge in [-0.3, -0.25) is 0 Å². The summed E-state index contributed by atoms with van der Waals surface area (Å²) >= 11 is 0. The predicted molar refractivity (Wildman–Crippen MR) is 92.7 cm³/mol. The van der Waals surface area contributed by atoms with Gasteiger partial charge in [-0.25, -0.2) is 0 Å². The lowest BCUT2D eigenvalue weighted by molar-refractivity contribution is -0.142. The summed E-state index contributed by atoms with van der Waals surface area (Å²) in [6.45, 7) is 9.76. The van der Waals surface area contributed by atoms with Crippen molar-refractivity contribution in [3.05, 3.63) is 48.3 Å². The van der Waals surface area contributed by atoms with Crippen molar-refractivity contribution in [2.45, 2.75) is 33.9 Å². The van der Waals surface area contributed by atoms with Crippen LogP contribution in [0.25, 0.3) is 5.69 Å². The van der Waals surface area contributed by atoms with Crippen molar-refractivity contribution in [2.24, 2.45) is 11.8 Å². The van der Waals surface area contributed by atoms with Crippen molar-refractivity contribution >= 4 is 5.69 Å². The van der Waals surface area contributed by atoms with Crippen molar-refractivity contribution in [3.8, 4) is 5.69 Å². The van der Waals surface area contributed by atoms with Gasteiger partial charge in [0.25, 0.3) is 0 Å². The number of anilines is 1. The monoisotopic (exact) mass is 338 g/mol. The fraction of sp³-hybridized carbons (Fsp3) is 0.474. The fourth-order valence-electron chi connectivity index (χ4n) is 2.81. The average molecular weight is 338 g/mol. The summed E-state index contributed by atoms with van der Waals surface area (Å²) in [5, 5.41) is 0. The van der Waals surface area contributed by atoms with Crippen LogP contribution < -0.4 is 4.90 Å². The lowest BCUT2D eigenvalue weighted by Gasteiger charge is -2.27. The molecule has 1 aromatic carbocycles. The van der Waals surface area contributed by atoms with Crippen LogP contribution in [-0.2, 0) is 6.18 Å².